The summed E-state index contributed by atoms with van der Waals surface area (Å²) in [5.74, 6) is -0.0406. The fourth-order valence-electron chi connectivity index (χ4n) is 0.824. The van der Waals surface area contributed by atoms with Gasteiger partial charge in [-0.25, -0.2) is 4.79 Å². The molecule has 9 heavy (non-hydrogen) atoms. The Morgan fingerprint density at radius 2 is 2.33 bits per heavy atom. The lowest BCUT2D eigenvalue weighted by atomic mass is 10.0. The summed E-state index contributed by atoms with van der Waals surface area (Å²) in [4.78, 5) is 11.2. The van der Waals surface area contributed by atoms with Crippen LogP contribution in [0.15, 0.2) is 0 Å². The molecule has 0 radical (unpaired) electrons. The van der Waals surface area contributed by atoms with Crippen LogP contribution < -0.4 is 0 Å². The molecular weight excluding hydrogens is 125 g/mol. The molecule has 52 valence electrons. The second kappa shape index (κ2) is 2.21. The topological polar surface area (TPSA) is 40.5 Å². The number of hydrogen-bond acceptors (Lipinski definition) is 1. The van der Waals surface area contributed by atoms with Crippen molar-refractivity contribution in [3.8, 4) is 0 Å². The number of carboxylic acid groups (broad SMARTS) is 1. The Kier molecular flexibility index (Phi) is 1.55. The van der Waals surface area contributed by atoms with Gasteiger partial charge in [0.1, 0.15) is 0 Å². The Balaban J connectivity index is 2.19. The molecule has 4 heteroatoms. The molecule has 0 aromatic rings. The molecule has 0 aliphatic carbocycles. The van der Waals surface area contributed by atoms with Crippen molar-refractivity contribution in [1.82, 2.24) is 4.90 Å². The molecule has 0 aromatic heterocycles. The largest absolute Gasteiger partial charge is 0.465 e. The quantitative estimate of drug-likeness (QED) is 0.568. The number of halogens is 1. The molecule has 1 fully saturated rings. The van der Waals surface area contributed by atoms with Crippen molar-refractivity contribution < 1.29 is 14.3 Å². The Bertz CT molecular complexity index is 122. The van der Waals surface area contributed by atoms with E-state index in [1.807, 2.05) is 0 Å². The van der Waals surface area contributed by atoms with Crippen LogP contribution in [0.3, 0.4) is 0 Å². The summed E-state index contributed by atoms with van der Waals surface area (Å²) < 4.78 is 11.7. The molecule has 1 rings (SSSR count). The molecule has 3 nitrogen and oxygen atoms in total. The van der Waals surface area contributed by atoms with Gasteiger partial charge in [0.25, 0.3) is 0 Å². The van der Waals surface area contributed by atoms with Crippen LogP contribution in [0.2, 0.25) is 0 Å². The molecule has 0 unspecified atom stereocenters. The van der Waals surface area contributed by atoms with Crippen molar-refractivity contribution in [1.29, 1.82) is 0 Å². The van der Waals surface area contributed by atoms with Gasteiger partial charge in [0, 0.05) is 19.0 Å². The van der Waals surface area contributed by atoms with E-state index in [2.05, 4.69) is 0 Å². The highest BCUT2D eigenvalue weighted by Crippen LogP contribution is 2.14. The second-order valence-electron chi connectivity index (χ2n) is 2.21. The van der Waals surface area contributed by atoms with E-state index >= 15 is 0 Å². The number of amides is 1. The SMILES string of the molecule is O=C(O)N1CC(CF)C1. The van der Waals surface area contributed by atoms with Gasteiger partial charge >= 0.3 is 6.09 Å². The van der Waals surface area contributed by atoms with Gasteiger partial charge in [-0.05, 0) is 0 Å². The third-order valence-corrected chi connectivity index (χ3v) is 1.45. The summed E-state index contributed by atoms with van der Waals surface area (Å²) in [5, 5.41) is 8.25. The van der Waals surface area contributed by atoms with Gasteiger partial charge in [0.05, 0.1) is 6.67 Å². The van der Waals surface area contributed by atoms with Crippen LogP contribution >= 0.6 is 0 Å². The van der Waals surface area contributed by atoms with Gasteiger partial charge in [-0.1, -0.05) is 0 Å². The fourth-order valence-corrected chi connectivity index (χ4v) is 0.824. The van der Waals surface area contributed by atoms with Crippen molar-refractivity contribution in [2.24, 2.45) is 5.92 Å². The molecule has 1 N–H and O–H groups in total. The summed E-state index contributed by atoms with van der Waals surface area (Å²) in [5.41, 5.74) is 0. The Morgan fingerprint density at radius 3 is 2.67 bits per heavy atom. The van der Waals surface area contributed by atoms with Crippen LogP contribution in [0.1, 0.15) is 0 Å². The summed E-state index contributed by atoms with van der Waals surface area (Å²) in [6, 6.07) is 0. The van der Waals surface area contributed by atoms with Crippen molar-refractivity contribution in [3.05, 3.63) is 0 Å². The van der Waals surface area contributed by atoms with Gasteiger partial charge < -0.3 is 10.0 Å². The molecule has 0 aromatic carbocycles. The van der Waals surface area contributed by atoms with Gasteiger partial charge in [0.2, 0.25) is 0 Å². The number of nitrogens with zero attached hydrogens (tertiary/aromatic N) is 1. The van der Waals surface area contributed by atoms with Gasteiger partial charge in [-0.2, -0.15) is 0 Å². The maximum absolute atomic E-state index is 11.7. The summed E-state index contributed by atoms with van der Waals surface area (Å²) in [7, 11) is 0. The third kappa shape index (κ3) is 1.12. The first kappa shape index (κ1) is 6.32. The average molecular weight is 133 g/mol. The molecule has 1 aliphatic heterocycles. The summed E-state index contributed by atoms with van der Waals surface area (Å²) in [6.45, 7) is 0.335. The minimum Gasteiger partial charge on any atom is -0.465 e. The minimum atomic E-state index is -0.945. The first-order chi connectivity index (χ1) is 4.24. The second-order valence-corrected chi connectivity index (χ2v) is 2.21. The van der Waals surface area contributed by atoms with Crippen LogP contribution in [0.4, 0.5) is 9.18 Å². The first-order valence-electron chi connectivity index (χ1n) is 2.78. The van der Waals surface area contributed by atoms with Crippen molar-refractivity contribution in [3.63, 3.8) is 0 Å². The van der Waals surface area contributed by atoms with E-state index in [1.54, 1.807) is 0 Å². The lowest BCUT2D eigenvalue weighted by Crippen LogP contribution is -2.50. The van der Waals surface area contributed by atoms with Gasteiger partial charge in [0.15, 0.2) is 0 Å². The number of likely N-dealkylation sites (tertiary alicyclic amines) is 1. The number of hydrogen-bond donors (Lipinski definition) is 1. The normalized spacial score (nSPS) is 19.4. The van der Waals surface area contributed by atoms with Crippen LogP contribution in [-0.2, 0) is 0 Å². The molecule has 0 atom stereocenters. The van der Waals surface area contributed by atoms with Gasteiger partial charge in [-0.3, -0.25) is 4.39 Å². The zero-order valence-electron chi connectivity index (χ0n) is 4.88. The Hall–Kier alpha value is -0.800. The minimum absolute atomic E-state index is 0.0406. The molecule has 0 spiro atoms. The van der Waals surface area contributed by atoms with Crippen LogP contribution in [0.25, 0.3) is 0 Å². The Labute approximate surface area is 52.1 Å². The zero-order chi connectivity index (χ0) is 6.85. The molecule has 1 heterocycles. The zero-order valence-corrected chi connectivity index (χ0v) is 4.88. The highest BCUT2D eigenvalue weighted by molar-refractivity contribution is 5.65. The predicted octanol–water partition coefficient (Wildman–Crippen LogP) is 0.566. The lowest BCUT2D eigenvalue weighted by Gasteiger charge is -2.35. The van der Waals surface area contributed by atoms with E-state index in [4.69, 9.17) is 5.11 Å². The monoisotopic (exact) mass is 133 g/mol. The van der Waals surface area contributed by atoms with Crippen molar-refractivity contribution in [2.45, 2.75) is 0 Å². The van der Waals surface area contributed by atoms with Gasteiger partial charge in [-0.15, -0.1) is 0 Å². The standard InChI is InChI=1S/C5H8FNO2/c6-1-4-2-7(3-4)5(8)9/h4H,1-3H2,(H,8,9). The smallest absolute Gasteiger partial charge is 0.407 e. The molecule has 0 saturated carbocycles. The number of alkyl halides is 1. The lowest BCUT2D eigenvalue weighted by molar-refractivity contribution is 0.0709. The third-order valence-electron chi connectivity index (χ3n) is 1.45. The van der Waals surface area contributed by atoms with E-state index in [9.17, 15) is 9.18 Å². The molecule has 1 amide bonds. The molecule has 1 aliphatic rings. The van der Waals surface area contributed by atoms with Crippen LogP contribution in [-0.4, -0.2) is 35.9 Å². The predicted molar refractivity (Wildman–Crippen MR) is 29.1 cm³/mol. The maximum Gasteiger partial charge on any atom is 0.407 e. The molecular formula is C5H8FNO2. The summed E-state index contributed by atoms with van der Waals surface area (Å²) in [6.07, 6.45) is -0.945. The summed E-state index contributed by atoms with van der Waals surface area (Å²) >= 11 is 0. The molecule has 0 bridgehead atoms. The van der Waals surface area contributed by atoms with E-state index in [0.29, 0.717) is 13.1 Å². The van der Waals surface area contributed by atoms with E-state index < -0.39 is 12.8 Å². The Morgan fingerprint density at radius 1 is 1.78 bits per heavy atom. The van der Waals surface area contributed by atoms with Crippen LogP contribution in [0, 0.1) is 5.92 Å². The molecule has 1 saturated heterocycles. The van der Waals surface area contributed by atoms with E-state index in [1.165, 1.54) is 4.90 Å². The van der Waals surface area contributed by atoms with Crippen LogP contribution in [0.5, 0.6) is 0 Å². The number of rotatable bonds is 1. The van der Waals surface area contributed by atoms with E-state index in [0.717, 1.165) is 0 Å². The highest BCUT2D eigenvalue weighted by Gasteiger charge is 2.29. The van der Waals surface area contributed by atoms with Crippen molar-refractivity contribution >= 4 is 6.09 Å². The maximum atomic E-state index is 11.7. The van der Waals surface area contributed by atoms with E-state index in [-0.39, 0.29) is 5.92 Å². The average Bonchev–Trinajstić information content (AvgIpc) is 1.61. The first-order valence-corrected chi connectivity index (χ1v) is 2.78. The number of carbonyl (C=O) groups is 1. The fraction of sp³-hybridized carbons (Fsp3) is 0.800. The highest BCUT2D eigenvalue weighted by atomic mass is 19.1. The van der Waals surface area contributed by atoms with Crippen molar-refractivity contribution in [2.75, 3.05) is 19.8 Å².